The van der Waals surface area contributed by atoms with Gasteiger partial charge >= 0.3 is 6.09 Å². The van der Waals surface area contributed by atoms with E-state index in [2.05, 4.69) is 5.32 Å². The summed E-state index contributed by atoms with van der Waals surface area (Å²) >= 11 is 0. The van der Waals surface area contributed by atoms with Crippen LogP contribution in [0.2, 0.25) is 0 Å². The standard InChI is InChI=1S/C14H27N3O3/c1-10(15)12(18)16-8-11-6-5-7-17(9-11)13(19)20-14(2,3)4/h10-11H,5-9,15H2,1-4H3,(H,16,18)/t10-,11?/m0/s1. The Morgan fingerprint density at radius 1 is 1.45 bits per heavy atom. The lowest BCUT2D eigenvalue weighted by Crippen LogP contribution is -2.47. The maximum absolute atomic E-state index is 12.0. The summed E-state index contributed by atoms with van der Waals surface area (Å²) in [6, 6.07) is -0.499. The van der Waals surface area contributed by atoms with E-state index < -0.39 is 11.6 Å². The van der Waals surface area contributed by atoms with Crippen LogP contribution < -0.4 is 11.1 Å². The molecular formula is C14H27N3O3. The Hall–Kier alpha value is -1.30. The van der Waals surface area contributed by atoms with Gasteiger partial charge in [0, 0.05) is 19.6 Å². The maximum atomic E-state index is 12.0. The van der Waals surface area contributed by atoms with Crippen molar-refractivity contribution in [3.63, 3.8) is 0 Å². The van der Waals surface area contributed by atoms with E-state index in [-0.39, 0.29) is 17.9 Å². The minimum absolute atomic E-state index is 0.153. The van der Waals surface area contributed by atoms with E-state index in [1.807, 2.05) is 20.8 Å². The zero-order valence-corrected chi connectivity index (χ0v) is 12.9. The molecular weight excluding hydrogens is 258 g/mol. The highest BCUT2D eigenvalue weighted by Gasteiger charge is 2.27. The summed E-state index contributed by atoms with van der Waals surface area (Å²) in [4.78, 5) is 25.2. The van der Waals surface area contributed by atoms with Crippen LogP contribution in [0, 0.1) is 5.92 Å². The molecule has 0 radical (unpaired) electrons. The summed E-state index contributed by atoms with van der Waals surface area (Å²) < 4.78 is 5.37. The predicted octanol–water partition coefficient (Wildman–Crippen LogP) is 1.10. The molecule has 20 heavy (non-hydrogen) atoms. The molecule has 0 aromatic heterocycles. The number of amides is 2. The van der Waals surface area contributed by atoms with Gasteiger partial charge in [-0.05, 0) is 46.5 Å². The molecule has 1 rings (SSSR count). The highest BCUT2D eigenvalue weighted by atomic mass is 16.6. The number of nitrogens with one attached hydrogen (secondary N) is 1. The van der Waals surface area contributed by atoms with E-state index in [1.165, 1.54) is 0 Å². The fourth-order valence-electron chi connectivity index (χ4n) is 2.13. The first kappa shape index (κ1) is 16.8. The third-order valence-electron chi connectivity index (χ3n) is 3.15. The van der Waals surface area contributed by atoms with Crippen molar-refractivity contribution in [2.45, 2.75) is 52.2 Å². The van der Waals surface area contributed by atoms with Gasteiger partial charge < -0.3 is 20.7 Å². The van der Waals surface area contributed by atoms with Crippen molar-refractivity contribution in [2.24, 2.45) is 11.7 Å². The van der Waals surface area contributed by atoms with Gasteiger partial charge in [0.2, 0.25) is 5.91 Å². The van der Waals surface area contributed by atoms with E-state index in [0.717, 1.165) is 12.8 Å². The summed E-state index contributed by atoms with van der Waals surface area (Å²) in [5.41, 5.74) is 5.02. The number of hydrogen-bond donors (Lipinski definition) is 2. The molecule has 1 unspecified atom stereocenters. The topological polar surface area (TPSA) is 84.7 Å². The number of nitrogens with zero attached hydrogens (tertiary/aromatic N) is 1. The molecule has 1 heterocycles. The van der Waals surface area contributed by atoms with Crippen LogP contribution in [0.3, 0.4) is 0 Å². The average Bonchev–Trinajstić information content (AvgIpc) is 2.34. The highest BCUT2D eigenvalue weighted by molar-refractivity contribution is 5.80. The smallest absolute Gasteiger partial charge is 0.410 e. The molecule has 0 saturated carbocycles. The van der Waals surface area contributed by atoms with Gasteiger partial charge in [-0.25, -0.2) is 4.79 Å². The van der Waals surface area contributed by atoms with Crippen LogP contribution in [-0.2, 0) is 9.53 Å². The van der Waals surface area contributed by atoms with Gasteiger partial charge in [-0.3, -0.25) is 4.79 Å². The van der Waals surface area contributed by atoms with Crippen molar-refractivity contribution in [2.75, 3.05) is 19.6 Å². The van der Waals surface area contributed by atoms with E-state index in [4.69, 9.17) is 10.5 Å². The SMILES string of the molecule is C[C@H](N)C(=O)NCC1CCCN(C(=O)OC(C)(C)C)C1. The lowest BCUT2D eigenvalue weighted by atomic mass is 9.98. The van der Waals surface area contributed by atoms with Gasteiger partial charge in [0.05, 0.1) is 6.04 Å². The van der Waals surface area contributed by atoms with Gasteiger partial charge in [0.1, 0.15) is 5.60 Å². The van der Waals surface area contributed by atoms with Crippen molar-refractivity contribution in [1.82, 2.24) is 10.2 Å². The fraction of sp³-hybridized carbons (Fsp3) is 0.857. The number of rotatable bonds is 3. The summed E-state index contributed by atoms with van der Waals surface area (Å²) in [5.74, 6) is 0.110. The van der Waals surface area contributed by atoms with Crippen molar-refractivity contribution in [3.05, 3.63) is 0 Å². The first-order valence-electron chi connectivity index (χ1n) is 7.20. The molecule has 2 amide bonds. The summed E-state index contributed by atoms with van der Waals surface area (Å²) in [5, 5.41) is 2.82. The number of nitrogens with two attached hydrogens (primary N) is 1. The Bertz CT molecular complexity index is 350. The second-order valence-electron chi connectivity index (χ2n) is 6.47. The van der Waals surface area contributed by atoms with E-state index in [1.54, 1.807) is 11.8 Å². The monoisotopic (exact) mass is 285 g/mol. The Morgan fingerprint density at radius 3 is 2.65 bits per heavy atom. The summed E-state index contributed by atoms with van der Waals surface area (Å²) in [6.07, 6.45) is 1.65. The normalized spacial score (nSPS) is 21.2. The van der Waals surface area contributed by atoms with Crippen molar-refractivity contribution in [3.8, 4) is 0 Å². The summed E-state index contributed by atoms with van der Waals surface area (Å²) in [7, 11) is 0. The third kappa shape index (κ3) is 5.77. The Kier molecular flexibility index (Phi) is 5.80. The second-order valence-corrected chi connectivity index (χ2v) is 6.47. The minimum atomic E-state index is -0.499. The average molecular weight is 285 g/mol. The minimum Gasteiger partial charge on any atom is -0.444 e. The molecule has 0 bridgehead atoms. The molecule has 1 aliphatic heterocycles. The molecule has 0 spiro atoms. The fourth-order valence-corrected chi connectivity index (χ4v) is 2.13. The first-order valence-corrected chi connectivity index (χ1v) is 7.20. The van der Waals surface area contributed by atoms with Crippen LogP contribution in [0.25, 0.3) is 0 Å². The molecule has 0 aromatic rings. The number of carbonyl (C=O) groups excluding carboxylic acids is 2. The number of likely N-dealkylation sites (tertiary alicyclic amines) is 1. The lowest BCUT2D eigenvalue weighted by Gasteiger charge is -2.34. The van der Waals surface area contributed by atoms with Crippen LogP contribution in [0.15, 0.2) is 0 Å². The van der Waals surface area contributed by atoms with E-state index in [9.17, 15) is 9.59 Å². The largest absolute Gasteiger partial charge is 0.444 e. The maximum Gasteiger partial charge on any atom is 0.410 e. The molecule has 116 valence electrons. The second kappa shape index (κ2) is 6.92. The third-order valence-corrected chi connectivity index (χ3v) is 3.15. The summed E-state index contributed by atoms with van der Waals surface area (Å²) in [6.45, 7) is 9.11. The van der Waals surface area contributed by atoms with Crippen LogP contribution in [-0.4, -0.2) is 48.2 Å². The van der Waals surface area contributed by atoms with Gasteiger partial charge in [-0.15, -0.1) is 0 Å². The van der Waals surface area contributed by atoms with Gasteiger partial charge in [-0.1, -0.05) is 0 Å². The molecule has 2 atom stereocenters. The van der Waals surface area contributed by atoms with Crippen LogP contribution >= 0.6 is 0 Å². The van der Waals surface area contributed by atoms with Crippen molar-refractivity contribution >= 4 is 12.0 Å². The van der Waals surface area contributed by atoms with E-state index >= 15 is 0 Å². The zero-order chi connectivity index (χ0) is 15.3. The Balaban J connectivity index is 2.42. The molecule has 6 nitrogen and oxygen atoms in total. The van der Waals surface area contributed by atoms with Crippen LogP contribution in [0.5, 0.6) is 0 Å². The molecule has 3 N–H and O–H groups in total. The number of ether oxygens (including phenoxy) is 1. The molecule has 0 aromatic carbocycles. The number of carbonyl (C=O) groups is 2. The molecule has 6 heteroatoms. The van der Waals surface area contributed by atoms with Gasteiger partial charge in [0.15, 0.2) is 0 Å². The van der Waals surface area contributed by atoms with Crippen LogP contribution in [0.4, 0.5) is 4.79 Å². The zero-order valence-electron chi connectivity index (χ0n) is 12.9. The number of hydrogen-bond acceptors (Lipinski definition) is 4. The Morgan fingerprint density at radius 2 is 2.10 bits per heavy atom. The molecule has 1 aliphatic rings. The number of piperidine rings is 1. The van der Waals surface area contributed by atoms with Crippen molar-refractivity contribution < 1.29 is 14.3 Å². The quantitative estimate of drug-likeness (QED) is 0.813. The van der Waals surface area contributed by atoms with Crippen LogP contribution in [0.1, 0.15) is 40.5 Å². The van der Waals surface area contributed by atoms with Gasteiger partial charge in [-0.2, -0.15) is 0 Å². The highest BCUT2D eigenvalue weighted by Crippen LogP contribution is 2.18. The lowest BCUT2D eigenvalue weighted by molar-refractivity contribution is -0.122. The van der Waals surface area contributed by atoms with E-state index in [0.29, 0.717) is 19.6 Å². The molecule has 0 aliphatic carbocycles. The predicted molar refractivity (Wildman–Crippen MR) is 77.2 cm³/mol. The van der Waals surface area contributed by atoms with Gasteiger partial charge in [0.25, 0.3) is 0 Å². The Labute approximate surface area is 121 Å². The molecule has 1 saturated heterocycles. The molecule has 1 fully saturated rings. The first-order chi connectivity index (χ1) is 9.19. The van der Waals surface area contributed by atoms with Crippen molar-refractivity contribution in [1.29, 1.82) is 0 Å².